The van der Waals surface area contributed by atoms with Gasteiger partial charge in [-0.2, -0.15) is 0 Å². The zero-order chi connectivity index (χ0) is 53.7. The van der Waals surface area contributed by atoms with E-state index in [0.717, 1.165) is 47.0 Å². The number of carbonyl (C=O) groups is 6. The minimum Gasteiger partial charge on any atom is -0.481 e. The first-order valence-electron chi connectivity index (χ1n) is 22.8. The van der Waals surface area contributed by atoms with E-state index in [2.05, 4.69) is 12.8 Å². The number of halogens is 4. The number of rotatable bonds is 14. The molecule has 18 nitrogen and oxygen atoms in total. The molecule has 2 aromatic carbocycles. The van der Waals surface area contributed by atoms with Crippen molar-refractivity contribution in [3.05, 3.63) is 82.6 Å². The number of imide groups is 1. The van der Waals surface area contributed by atoms with Crippen LogP contribution in [0.15, 0.2) is 64.3 Å². The number of alkyl halides is 3. The summed E-state index contributed by atoms with van der Waals surface area (Å²) in [6.45, 7) is 11.7. The number of anilines is 3. The highest BCUT2D eigenvalue weighted by Crippen LogP contribution is 2.42. The number of aryl methyl sites for hydroxylation is 2. The predicted octanol–water partition coefficient (Wildman–Crippen LogP) is 7.46. The van der Waals surface area contributed by atoms with Gasteiger partial charge in [0, 0.05) is 36.6 Å². The first-order valence-corrected chi connectivity index (χ1v) is 26.5. The normalized spacial score (nSPS) is 18.0. The fraction of sp³-hybridized carbons (Fsp3) is 0.469. The fourth-order valence-electron chi connectivity index (χ4n) is 7.94. The van der Waals surface area contributed by atoms with E-state index in [0.29, 0.717) is 42.9 Å². The Kier molecular flexibility index (Phi) is 21.9. The van der Waals surface area contributed by atoms with E-state index < -0.39 is 47.6 Å². The quantitative estimate of drug-likeness (QED) is 0.0467. The first-order chi connectivity index (χ1) is 33.9. The summed E-state index contributed by atoms with van der Waals surface area (Å²) >= 11 is 16.9. The van der Waals surface area contributed by atoms with Crippen LogP contribution in [0, 0.1) is 25.1 Å². The smallest absolute Gasteiger partial charge is 0.320 e. The Hall–Kier alpha value is -5.29. The second kappa shape index (κ2) is 26.6. The monoisotopic (exact) mass is 1080 g/mol. The molecule has 4 N–H and O–H groups in total. The van der Waals surface area contributed by atoms with E-state index in [1.165, 1.54) is 22.5 Å². The number of carboxylic acid groups (broad SMARTS) is 1. The number of nitrogens with two attached hydrogens (primary N) is 1. The molecule has 1 aromatic heterocycles. The van der Waals surface area contributed by atoms with E-state index in [1.807, 2.05) is 38.1 Å². The van der Waals surface area contributed by atoms with Crippen molar-refractivity contribution < 1.29 is 66.4 Å². The van der Waals surface area contributed by atoms with Crippen LogP contribution in [-0.4, -0.2) is 119 Å². The summed E-state index contributed by atoms with van der Waals surface area (Å²) in [7, 11) is -3.10. The summed E-state index contributed by atoms with van der Waals surface area (Å²) in [4.78, 5) is 84.3. The van der Waals surface area contributed by atoms with Crippen molar-refractivity contribution in [3.8, 4) is 18.1 Å². The number of ether oxygens (including phenoxy) is 3. The van der Waals surface area contributed by atoms with Gasteiger partial charge in [0.2, 0.25) is 5.91 Å². The molecule has 7 rings (SSSR count). The lowest BCUT2D eigenvalue weighted by molar-refractivity contribution is -0.144. The van der Waals surface area contributed by atoms with Crippen LogP contribution in [0.3, 0.4) is 0 Å². The van der Waals surface area contributed by atoms with Gasteiger partial charge in [-0.3, -0.25) is 43.1 Å². The summed E-state index contributed by atoms with van der Waals surface area (Å²) in [5.74, 6) is -0.567. The van der Waals surface area contributed by atoms with Crippen molar-refractivity contribution in [2.45, 2.75) is 95.9 Å². The molecule has 23 heteroatoms. The number of nitrogens with zero attached hydrogens (tertiary/aromatic N) is 4. The number of hydrogen-bond donors (Lipinski definition) is 3. The van der Waals surface area contributed by atoms with Crippen LogP contribution >= 0.6 is 42.2 Å². The molecule has 0 radical (unpaired) electrons. The Balaban J connectivity index is 0.000000218. The lowest BCUT2D eigenvalue weighted by atomic mass is 9.93. The second-order valence-electron chi connectivity index (χ2n) is 17.2. The zero-order valence-electron chi connectivity index (χ0n) is 40.8. The van der Waals surface area contributed by atoms with Gasteiger partial charge in [-0.25, -0.2) is 9.29 Å². The molecule has 5 amide bonds. The van der Waals surface area contributed by atoms with Crippen LogP contribution in [0.5, 0.6) is 5.75 Å². The average molecular weight is 1080 g/mol. The maximum absolute atomic E-state index is 14.7. The molecule has 72 heavy (non-hydrogen) atoms. The molecule has 0 saturated carbocycles. The maximum Gasteiger partial charge on any atom is 0.320 e. The number of para-hydroxylation sites is 1. The minimum atomic E-state index is -3.10. The molecule has 0 bridgehead atoms. The third-order valence-corrected chi connectivity index (χ3v) is 13.3. The van der Waals surface area contributed by atoms with Crippen molar-refractivity contribution in [1.82, 2.24) is 4.90 Å². The zero-order valence-corrected chi connectivity index (χ0v) is 44.0. The lowest BCUT2D eigenvalue weighted by Gasteiger charge is -2.29. The van der Waals surface area contributed by atoms with E-state index in [4.69, 9.17) is 75.6 Å². The van der Waals surface area contributed by atoms with E-state index in [9.17, 15) is 37.7 Å². The van der Waals surface area contributed by atoms with Crippen molar-refractivity contribution in [2.75, 3.05) is 66.4 Å². The number of aliphatic carboxylic acids is 1. The predicted molar refractivity (Wildman–Crippen MR) is 271 cm³/mol. The third kappa shape index (κ3) is 15.1. The second-order valence-corrected chi connectivity index (χ2v) is 21.1. The molecular formula is C49H60Cl3FN5O13P. The summed E-state index contributed by atoms with van der Waals surface area (Å²) in [5.41, 5.74) is 8.47. The Bertz CT molecular complexity index is 2560. The molecule has 3 aromatic rings. The molecule has 1 aliphatic carbocycles. The van der Waals surface area contributed by atoms with E-state index in [-0.39, 0.29) is 79.3 Å². The van der Waals surface area contributed by atoms with Crippen LogP contribution < -0.4 is 25.2 Å². The minimum absolute atomic E-state index is 0.0170. The van der Waals surface area contributed by atoms with Crippen LogP contribution in [0.1, 0.15) is 82.8 Å². The number of terminal acetylenes is 1. The van der Waals surface area contributed by atoms with E-state index >= 15 is 0 Å². The van der Waals surface area contributed by atoms with Crippen molar-refractivity contribution in [3.63, 3.8) is 0 Å². The molecule has 392 valence electrons. The Morgan fingerprint density at radius 3 is 2.25 bits per heavy atom. The lowest BCUT2D eigenvalue weighted by Crippen LogP contribution is -2.45. The molecular weight excluding hydrogens is 1020 g/mol. The molecule has 1 fully saturated rings. The molecule has 4 heterocycles. The van der Waals surface area contributed by atoms with Crippen LogP contribution in [0.25, 0.3) is 0 Å². The highest BCUT2D eigenvalue weighted by molar-refractivity contribution is 7.57. The van der Waals surface area contributed by atoms with Gasteiger partial charge in [0.25, 0.3) is 23.6 Å². The van der Waals surface area contributed by atoms with Gasteiger partial charge in [-0.05, 0) is 95.5 Å². The molecule has 3 atom stereocenters. The largest absolute Gasteiger partial charge is 0.481 e. The SMILES string of the molecule is C#CCN1C(=O)COc2cc(F)c(N3C(=O)C4=C(CCCC4)C3=O)cc21.CC1(C)OC(c2ccco2)CN1C(=O)C(Cl)Cl.CCOCN(C(=O)CCl)c1c(C)cccc1CC.CP(=O)(O)CCC(N)C(=O)O. The van der Waals surface area contributed by atoms with Crippen LogP contribution in [0.4, 0.5) is 21.5 Å². The highest BCUT2D eigenvalue weighted by Gasteiger charge is 2.45. The summed E-state index contributed by atoms with van der Waals surface area (Å²) in [6.07, 6.45) is 10.2. The number of amides is 5. The average Bonchev–Trinajstić information content (AvgIpc) is 4.06. The number of furan rings is 1. The summed E-state index contributed by atoms with van der Waals surface area (Å²) in [6, 6.07) is 11.0. The number of fused-ring (bicyclic) bond motifs is 1. The molecule has 4 aliphatic rings. The Labute approximate surface area is 432 Å². The van der Waals surface area contributed by atoms with Crippen LogP contribution in [-0.2, 0) is 49.2 Å². The molecule has 0 spiro atoms. The number of hydrogen-bond acceptors (Lipinski definition) is 12. The van der Waals surface area contributed by atoms with Crippen molar-refractivity contribution >= 4 is 94.7 Å². The standard InChI is InChI=1S/C19H15FN2O4.C14H20ClNO2.C11H13Cl2NO3.C5H12NO4P/c1-2-7-21-15-9-14(13(20)8-16(15)26-10-17(21)23)22-18(24)11-5-3-4-6-12(11)19(22)25;1-4-12-8-6-7-11(3)14(12)16(10-18-5-2)13(17)9-15;1-11(2)14(10(15)9(12)13)6-8(17-11)7-4-3-5-16-7;1-11(9,10)3-2-4(6)5(7)8/h1,8-9H,3-7,10H2;6-8H,4-5,9-10H2,1-3H3;3-5,8-9H,6H2,1-2H3;4H,2-3,6H2,1H3,(H,7,8)(H,9,10). The summed E-state index contributed by atoms with van der Waals surface area (Å²) < 4.78 is 47.0. The number of carboxylic acids is 1. The molecule has 3 unspecified atom stereocenters. The van der Waals surface area contributed by atoms with E-state index in [1.54, 1.807) is 31.1 Å². The van der Waals surface area contributed by atoms with Gasteiger partial charge in [0.15, 0.2) is 24.6 Å². The van der Waals surface area contributed by atoms with Gasteiger partial charge in [0.05, 0.1) is 36.4 Å². The Morgan fingerprint density at radius 1 is 1.07 bits per heavy atom. The third-order valence-electron chi connectivity index (χ3n) is 11.6. The summed E-state index contributed by atoms with van der Waals surface area (Å²) in [5, 5.41) is 8.28. The van der Waals surface area contributed by atoms with Crippen LogP contribution in [0.2, 0.25) is 0 Å². The Morgan fingerprint density at radius 2 is 1.72 bits per heavy atom. The fourth-order valence-corrected chi connectivity index (χ4v) is 9.08. The van der Waals surface area contributed by atoms with Crippen molar-refractivity contribution in [1.29, 1.82) is 0 Å². The van der Waals surface area contributed by atoms with Gasteiger partial charge in [-0.15, -0.1) is 18.0 Å². The van der Waals surface area contributed by atoms with Gasteiger partial charge >= 0.3 is 5.97 Å². The van der Waals surface area contributed by atoms with Crippen molar-refractivity contribution in [2.24, 2.45) is 5.73 Å². The first kappa shape index (κ1) is 59.3. The maximum atomic E-state index is 14.7. The van der Waals surface area contributed by atoms with Gasteiger partial charge < -0.3 is 39.3 Å². The van der Waals surface area contributed by atoms with Gasteiger partial charge in [-0.1, -0.05) is 54.2 Å². The highest BCUT2D eigenvalue weighted by atomic mass is 35.5. The van der Waals surface area contributed by atoms with Gasteiger partial charge in [0.1, 0.15) is 42.0 Å². The molecule has 3 aliphatic heterocycles. The number of carbonyl (C=O) groups excluding carboxylic acids is 5. The number of benzene rings is 2. The molecule has 1 saturated heterocycles. The topological polar surface area (TPSA) is 240 Å².